The number of nitrogens with zero attached hydrogens (tertiary/aromatic N) is 3. The Balaban J connectivity index is 2.42. The Morgan fingerprint density at radius 3 is 2.45 bits per heavy atom. The molecule has 118 valence electrons. The highest BCUT2D eigenvalue weighted by Crippen LogP contribution is 2.34. The Bertz CT molecular complexity index is 655. The summed E-state index contributed by atoms with van der Waals surface area (Å²) in [6.07, 6.45) is 4.54. The van der Waals surface area contributed by atoms with Crippen molar-refractivity contribution in [2.24, 2.45) is 0 Å². The van der Waals surface area contributed by atoms with Gasteiger partial charge in [0, 0.05) is 23.5 Å². The van der Waals surface area contributed by atoms with Crippen LogP contribution in [0.5, 0.6) is 11.5 Å². The van der Waals surface area contributed by atoms with Gasteiger partial charge in [-0.05, 0) is 25.2 Å². The van der Waals surface area contributed by atoms with E-state index in [1.807, 2.05) is 12.3 Å². The zero-order chi connectivity index (χ0) is 16.3. The molecule has 0 aromatic carbocycles. The van der Waals surface area contributed by atoms with Crippen LogP contribution in [-0.4, -0.2) is 15.0 Å². The number of ether oxygens (including phenoxy) is 1. The van der Waals surface area contributed by atoms with Crippen LogP contribution in [0.15, 0.2) is 18.5 Å². The lowest BCUT2D eigenvalue weighted by atomic mass is 10.00. The van der Waals surface area contributed by atoms with Crippen LogP contribution in [0, 0.1) is 6.92 Å². The number of anilines is 1. The van der Waals surface area contributed by atoms with E-state index < -0.39 is 0 Å². The van der Waals surface area contributed by atoms with E-state index >= 15 is 0 Å². The first-order valence-corrected chi connectivity index (χ1v) is 7.69. The van der Waals surface area contributed by atoms with Crippen LogP contribution >= 0.6 is 0 Å². The summed E-state index contributed by atoms with van der Waals surface area (Å²) in [5, 5.41) is 0. The van der Waals surface area contributed by atoms with Crippen LogP contribution in [0.2, 0.25) is 0 Å². The summed E-state index contributed by atoms with van der Waals surface area (Å²) in [5.41, 5.74) is 8.00. The fraction of sp³-hybridized carbons (Fsp3) is 0.471. The summed E-state index contributed by atoms with van der Waals surface area (Å²) in [7, 11) is 0. The maximum absolute atomic E-state index is 6.00. The molecule has 0 radical (unpaired) electrons. The zero-order valence-electron chi connectivity index (χ0n) is 13.9. The fourth-order valence-corrected chi connectivity index (χ4v) is 2.14. The van der Waals surface area contributed by atoms with E-state index in [0.717, 1.165) is 23.4 Å². The highest BCUT2D eigenvalue weighted by atomic mass is 16.5. The van der Waals surface area contributed by atoms with Gasteiger partial charge >= 0.3 is 0 Å². The molecule has 0 saturated carbocycles. The number of aryl methyl sites for hydroxylation is 1. The Morgan fingerprint density at radius 1 is 1.14 bits per heavy atom. The van der Waals surface area contributed by atoms with Gasteiger partial charge in [0.05, 0.1) is 6.20 Å². The van der Waals surface area contributed by atoms with Gasteiger partial charge in [-0.2, -0.15) is 0 Å². The third kappa shape index (κ3) is 3.53. The second-order valence-electron chi connectivity index (χ2n) is 5.88. The maximum atomic E-state index is 6.00. The quantitative estimate of drug-likeness (QED) is 0.896. The lowest BCUT2D eigenvalue weighted by Crippen LogP contribution is -2.03. The van der Waals surface area contributed by atoms with E-state index in [9.17, 15) is 0 Å². The molecule has 0 fully saturated rings. The Labute approximate surface area is 132 Å². The number of nitrogen functional groups attached to an aromatic ring is 1. The van der Waals surface area contributed by atoms with E-state index in [4.69, 9.17) is 10.5 Å². The predicted octanol–water partition coefficient (Wildman–Crippen LogP) is 4.19. The summed E-state index contributed by atoms with van der Waals surface area (Å²) in [5.74, 6) is 2.93. The van der Waals surface area contributed by atoms with Crippen molar-refractivity contribution in [2.75, 3.05) is 5.73 Å². The van der Waals surface area contributed by atoms with Gasteiger partial charge in [0.1, 0.15) is 11.6 Å². The minimum atomic E-state index is 0.307. The molecule has 5 heteroatoms. The van der Waals surface area contributed by atoms with Crippen LogP contribution < -0.4 is 10.5 Å². The molecule has 0 spiro atoms. The molecule has 0 aliphatic carbocycles. The van der Waals surface area contributed by atoms with Crippen molar-refractivity contribution in [2.45, 2.75) is 52.9 Å². The zero-order valence-corrected chi connectivity index (χ0v) is 13.9. The van der Waals surface area contributed by atoms with Crippen molar-refractivity contribution in [3.8, 4) is 11.5 Å². The lowest BCUT2D eigenvalue weighted by Gasteiger charge is -2.17. The molecule has 2 aromatic heterocycles. The number of hydrogen-bond donors (Lipinski definition) is 1. The van der Waals surface area contributed by atoms with Crippen LogP contribution in [0.3, 0.4) is 0 Å². The summed E-state index contributed by atoms with van der Waals surface area (Å²) < 4.78 is 6.00. The highest BCUT2D eigenvalue weighted by Gasteiger charge is 2.15. The third-order valence-corrected chi connectivity index (χ3v) is 3.78. The van der Waals surface area contributed by atoms with Crippen LogP contribution in [0.25, 0.3) is 0 Å². The van der Waals surface area contributed by atoms with Gasteiger partial charge in [0.2, 0.25) is 0 Å². The van der Waals surface area contributed by atoms with E-state index in [-0.39, 0.29) is 0 Å². The van der Waals surface area contributed by atoms with Gasteiger partial charge in [-0.1, -0.05) is 27.7 Å². The first-order chi connectivity index (χ1) is 10.4. The van der Waals surface area contributed by atoms with Crippen molar-refractivity contribution in [3.05, 3.63) is 35.5 Å². The molecule has 0 amide bonds. The van der Waals surface area contributed by atoms with Gasteiger partial charge in [-0.15, -0.1) is 0 Å². The SMILES string of the molecule is CC[C@@H](C)c1cc(Oc2cnc(C)nc2N)c(C(C)C)cn1. The molecule has 2 aromatic rings. The van der Waals surface area contributed by atoms with Crippen molar-refractivity contribution in [3.63, 3.8) is 0 Å². The first-order valence-electron chi connectivity index (χ1n) is 7.69. The number of rotatable bonds is 5. The van der Waals surface area contributed by atoms with Gasteiger partial charge in [0.15, 0.2) is 11.6 Å². The van der Waals surface area contributed by atoms with Crippen molar-refractivity contribution in [1.29, 1.82) is 0 Å². The number of hydrogen-bond acceptors (Lipinski definition) is 5. The largest absolute Gasteiger partial charge is 0.451 e. The summed E-state index contributed by atoms with van der Waals surface area (Å²) >= 11 is 0. The smallest absolute Gasteiger partial charge is 0.187 e. The van der Waals surface area contributed by atoms with Crippen molar-refractivity contribution < 1.29 is 4.74 Å². The summed E-state index contributed by atoms with van der Waals surface area (Å²) in [4.78, 5) is 12.9. The van der Waals surface area contributed by atoms with Crippen LogP contribution in [0.4, 0.5) is 5.82 Å². The number of aromatic nitrogens is 3. The summed E-state index contributed by atoms with van der Waals surface area (Å²) in [6.45, 7) is 10.3. The fourth-order valence-electron chi connectivity index (χ4n) is 2.14. The third-order valence-electron chi connectivity index (χ3n) is 3.78. The second-order valence-corrected chi connectivity index (χ2v) is 5.88. The molecule has 5 nitrogen and oxygen atoms in total. The monoisotopic (exact) mass is 300 g/mol. The Hall–Kier alpha value is -2.17. The number of pyridine rings is 1. The minimum absolute atomic E-state index is 0.307. The lowest BCUT2D eigenvalue weighted by molar-refractivity contribution is 0.467. The van der Waals surface area contributed by atoms with E-state index in [0.29, 0.717) is 29.2 Å². The summed E-state index contributed by atoms with van der Waals surface area (Å²) in [6, 6.07) is 2.00. The molecular formula is C17H24N4O. The highest BCUT2D eigenvalue weighted by molar-refractivity contribution is 5.48. The first kappa shape index (κ1) is 16.2. The van der Waals surface area contributed by atoms with Gasteiger partial charge < -0.3 is 10.5 Å². The number of nitrogens with two attached hydrogens (primary N) is 1. The maximum Gasteiger partial charge on any atom is 0.187 e. The van der Waals surface area contributed by atoms with E-state index in [1.165, 1.54) is 0 Å². The minimum Gasteiger partial charge on any atom is -0.451 e. The molecule has 0 aliphatic rings. The molecule has 2 heterocycles. The molecule has 0 saturated heterocycles. The molecule has 22 heavy (non-hydrogen) atoms. The molecule has 1 atom stereocenters. The molecule has 0 unspecified atom stereocenters. The predicted molar refractivity (Wildman–Crippen MR) is 88.3 cm³/mol. The van der Waals surface area contributed by atoms with Gasteiger partial charge in [-0.3, -0.25) is 4.98 Å². The topological polar surface area (TPSA) is 73.9 Å². The van der Waals surface area contributed by atoms with E-state index in [2.05, 4.69) is 42.6 Å². The van der Waals surface area contributed by atoms with E-state index in [1.54, 1.807) is 13.1 Å². The second kappa shape index (κ2) is 6.73. The molecular weight excluding hydrogens is 276 g/mol. The Kier molecular flexibility index (Phi) is 4.96. The standard InChI is InChI=1S/C17H24N4O/c1-6-11(4)14-7-15(13(8-20-14)10(2)3)22-16-9-19-12(5)21-17(16)18/h7-11H,6H2,1-5H3,(H2,18,19,21)/t11-/m1/s1. The van der Waals surface area contributed by atoms with Crippen molar-refractivity contribution >= 4 is 5.82 Å². The van der Waals surface area contributed by atoms with Crippen LogP contribution in [-0.2, 0) is 0 Å². The Morgan fingerprint density at radius 2 is 1.86 bits per heavy atom. The molecule has 0 aliphatic heterocycles. The van der Waals surface area contributed by atoms with Gasteiger partial charge in [-0.25, -0.2) is 9.97 Å². The van der Waals surface area contributed by atoms with Crippen molar-refractivity contribution in [1.82, 2.24) is 15.0 Å². The average molecular weight is 300 g/mol. The van der Waals surface area contributed by atoms with Crippen LogP contribution in [0.1, 0.15) is 63.0 Å². The molecule has 2 rings (SSSR count). The molecule has 0 bridgehead atoms. The van der Waals surface area contributed by atoms with Gasteiger partial charge in [0.25, 0.3) is 0 Å². The normalized spacial score (nSPS) is 12.5. The average Bonchev–Trinajstić information content (AvgIpc) is 2.49. The molecule has 2 N–H and O–H groups in total.